The summed E-state index contributed by atoms with van der Waals surface area (Å²) >= 11 is 3.62. The van der Waals surface area contributed by atoms with Gasteiger partial charge in [-0.25, -0.2) is 4.98 Å². The Morgan fingerprint density at radius 1 is 1.33 bits per heavy atom. The molecule has 0 aromatic carbocycles. The smallest absolute Gasteiger partial charge is 0.142 e. The molecule has 2 aliphatic rings. The van der Waals surface area contributed by atoms with Gasteiger partial charge in [0, 0.05) is 29.7 Å². The first kappa shape index (κ1) is 13.1. The summed E-state index contributed by atoms with van der Waals surface area (Å²) in [5.41, 5.74) is 1.49. The fourth-order valence-electron chi connectivity index (χ4n) is 3.59. The summed E-state index contributed by atoms with van der Waals surface area (Å²) in [4.78, 5) is 7.63. The maximum atomic E-state index is 8.99. The number of nitrogens with zero attached hydrogens (tertiary/aromatic N) is 2. The molecule has 2 aliphatic heterocycles. The first-order valence-corrected chi connectivity index (χ1v) is 8.12. The van der Waals surface area contributed by atoms with Crippen LogP contribution in [-0.4, -0.2) is 28.1 Å². The maximum absolute atomic E-state index is 8.99. The highest BCUT2D eigenvalue weighted by Crippen LogP contribution is 2.33. The number of nitrogens with one attached hydrogen (secondary N) is 3. The van der Waals surface area contributed by atoms with Crippen molar-refractivity contribution >= 4 is 32.7 Å². The van der Waals surface area contributed by atoms with Gasteiger partial charge in [0.15, 0.2) is 0 Å². The average Bonchev–Trinajstić information content (AvgIpc) is 3.06. The number of nitriles is 1. The van der Waals surface area contributed by atoms with Crippen LogP contribution in [0.2, 0.25) is 0 Å². The summed E-state index contributed by atoms with van der Waals surface area (Å²) in [6.45, 7) is 0. The molecular weight excluding hydrogens is 330 g/mol. The molecule has 3 atom stereocenters. The van der Waals surface area contributed by atoms with Crippen LogP contribution in [0.3, 0.4) is 0 Å². The van der Waals surface area contributed by atoms with Gasteiger partial charge in [-0.2, -0.15) is 5.26 Å². The molecule has 0 spiro atoms. The van der Waals surface area contributed by atoms with Crippen molar-refractivity contribution in [1.29, 1.82) is 5.26 Å². The molecule has 3 N–H and O–H groups in total. The molecule has 0 amide bonds. The number of fused-ring (bicyclic) bond motifs is 3. The molecule has 2 bridgehead atoms. The van der Waals surface area contributed by atoms with E-state index in [1.54, 1.807) is 0 Å². The van der Waals surface area contributed by atoms with Crippen LogP contribution in [0.15, 0.2) is 16.7 Å². The number of aromatic nitrogens is 2. The Morgan fingerprint density at radius 2 is 2.10 bits per heavy atom. The molecule has 1 unspecified atom stereocenters. The van der Waals surface area contributed by atoms with E-state index in [1.165, 1.54) is 12.8 Å². The fraction of sp³-hybridized carbons (Fsp3) is 0.467. The highest BCUT2D eigenvalue weighted by atomic mass is 79.9. The summed E-state index contributed by atoms with van der Waals surface area (Å²) in [6.07, 6.45) is 6.69. The van der Waals surface area contributed by atoms with E-state index in [4.69, 9.17) is 5.26 Å². The highest BCUT2D eigenvalue weighted by molar-refractivity contribution is 9.10. The molecular formula is C15H16BrN5. The van der Waals surface area contributed by atoms with Crippen LogP contribution in [0.25, 0.3) is 10.9 Å². The SMILES string of the molecule is N#Cc1cc2cnc(NC3C[C@H]4CC[C@@H](C3)N4)c(Br)c2[nH]1. The minimum atomic E-state index is 0.468. The van der Waals surface area contributed by atoms with Crippen molar-refractivity contribution in [2.75, 3.05) is 5.32 Å². The number of anilines is 1. The number of halogens is 1. The Bertz CT molecular complexity index is 719. The minimum absolute atomic E-state index is 0.468. The van der Waals surface area contributed by atoms with Crippen molar-refractivity contribution in [2.24, 2.45) is 0 Å². The van der Waals surface area contributed by atoms with E-state index in [0.717, 1.165) is 34.0 Å². The van der Waals surface area contributed by atoms with E-state index in [1.807, 2.05) is 12.3 Å². The monoisotopic (exact) mass is 345 g/mol. The lowest BCUT2D eigenvalue weighted by molar-refractivity contribution is 0.377. The van der Waals surface area contributed by atoms with E-state index >= 15 is 0 Å². The second-order valence-electron chi connectivity index (χ2n) is 6.00. The van der Waals surface area contributed by atoms with Gasteiger partial charge in [0.1, 0.15) is 17.6 Å². The first-order valence-electron chi connectivity index (χ1n) is 7.33. The van der Waals surface area contributed by atoms with Gasteiger partial charge in [0.25, 0.3) is 0 Å². The second-order valence-corrected chi connectivity index (χ2v) is 6.79. The van der Waals surface area contributed by atoms with Gasteiger partial charge >= 0.3 is 0 Å². The quantitative estimate of drug-likeness (QED) is 0.782. The summed E-state index contributed by atoms with van der Waals surface area (Å²) in [5, 5.41) is 17.2. The summed E-state index contributed by atoms with van der Waals surface area (Å²) in [6, 6.07) is 5.73. The molecule has 0 saturated carbocycles. The number of hydrogen-bond acceptors (Lipinski definition) is 4. The molecule has 2 aromatic heterocycles. The zero-order valence-corrected chi connectivity index (χ0v) is 13.1. The lowest BCUT2D eigenvalue weighted by atomic mass is 10.00. The number of rotatable bonds is 2. The van der Waals surface area contributed by atoms with E-state index in [2.05, 4.69) is 42.6 Å². The molecule has 2 fully saturated rings. The van der Waals surface area contributed by atoms with Crippen molar-refractivity contribution in [2.45, 2.75) is 43.8 Å². The molecule has 6 heteroatoms. The van der Waals surface area contributed by atoms with E-state index in [0.29, 0.717) is 23.8 Å². The average molecular weight is 346 g/mol. The van der Waals surface area contributed by atoms with Crippen molar-refractivity contribution < 1.29 is 0 Å². The Kier molecular flexibility index (Phi) is 3.12. The lowest BCUT2D eigenvalue weighted by Gasteiger charge is -2.30. The van der Waals surface area contributed by atoms with Crippen LogP contribution in [0.1, 0.15) is 31.4 Å². The van der Waals surface area contributed by atoms with E-state index < -0.39 is 0 Å². The van der Waals surface area contributed by atoms with Crippen LogP contribution >= 0.6 is 15.9 Å². The minimum Gasteiger partial charge on any atom is -0.366 e. The lowest BCUT2D eigenvalue weighted by Crippen LogP contribution is -2.43. The topological polar surface area (TPSA) is 76.5 Å². The Hall–Kier alpha value is -1.58. The third-order valence-electron chi connectivity index (χ3n) is 4.54. The van der Waals surface area contributed by atoms with Gasteiger partial charge in [0.2, 0.25) is 0 Å². The first-order chi connectivity index (χ1) is 10.2. The number of hydrogen-bond donors (Lipinski definition) is 3. The largest absolute Gasteiger partial charge is 0.366 e. The van der Waals surface area contributed by atoms with Gasteiger partial charge in [-0.15, -0.1) is 0 Å². The molecule has 4 heterocycles. The second kappa shape index (κ2) is 5.00. The van der Waals surface area contributed by atoms with Gasteiger partial charge in [-0.3, -0.25) is 0 Å². The summed E-state index contributed by atoms with van der Waals surface area (Å²) in [7, 11) is 0. The van der Waals surface area contributed by atoms with E-state index in [-0.39, 0.29) is 0 Å². The Labute approximate surface area is 131 Å². The standard InChI is InChI=1S/C15H16BrN5/c16-13-14-8(3-12(6-17)20-14)7-18-15(13)21-11-4-9-1-2-10(5-11)19-9/h3,7,9-11,19-20H,1-2,4-5H2,(H,18,21)/t9-,10+,11?. The molecule has 2 aromatic rings. The van der Waals surface area contributed by atoms with Gasteiger partial charge in [-0.05, 0) is 47.7 Å². The van der Waals surface area contributed by atoms with Gasteiger partial charge < -0.3 is 15.6 Å². The van der Waals surface area contributed by atoms with Crippen molar-refractivity contribution in [3.63, 3.8) is 0 Å². The van der Waals surface area contributed by atoms with Gasteiger partial charge in [0.05, 0.1) is 9.99 Å². The molecule has 0 radical (unpaired) electrons. The maximum Gasteiger partial charge on any atom is 0.142 e. The Balaban J connectivity index is 1.61. The zero-order chi connectivity index (χ0) is 14.4. The highest BCUT2D eigenvalue weighted by Gasteiger charge is 2.33. The fourth-order valence-corrected chi connectivity index (χ4v) is 4.14. The van der Waals surface area contributed by atoms with Crippen molar-refractivity contribution in [1.82, 2.24) is 15.3 Å². The van der Waals surface area contributed by atoms with Crippen LogP contribution < -0.4 is 10.6 Å². The molecule has 0 aliphatic carbocycles. The molecule has 5 nitrogen and oxygen atoms in total. The van der Waals surface area contributed by atoms with E-state index in [9.17, 15) is 0 Å². The zero-order valence-electron chi connectivity index (χ0n) is 11.5. The van der Waals surface area contributed by atoms with Gasteiger partial charge in [-0.1, -0.05) is 0 Å². The Morgan fingerprint density at radius 3 is 2.81 bits per heavy atom. The van der Waals surface area contributed by atoms with Crippen molar-refractivity contribution in [3.05, 3.63) is 22.4 Å². The van der Waals surface area contributed by atoms with Crippen LogP contribution in [0, 0.1) is 11.3 Å². The number of H-pyrrole nitrogens is 1. The van der Waals surface area contributed by atoms with Crippen molar-refractivity contribution in [3.8, 4) is 6.07 Å². The normalized spacial score (nSPS) is 27.7. The third kappa shape index (κ3) is 2.30. The summed E-state index contributed by atoms with van der Waals surface area (Å²) in [5.74, 6) is 0.861. The molecule has 4 rings (SSSR count). The van der Waals surface area contributed by atoms with Crippen LogP contribution in [0.4, 0.5) is 5.82 Å². The third-order valence-corrected chi connectivity index (χ3v) is 5.31. The predicted molar refractivity (Wildman–Crippen MR) is 85.1 cm³/mol. The number of pyridine rings is 1. The molecule has 108 valence electrons. The van der Waals surface area contributed by atoms with Crippen LogP contribution in [0.5, 0.6) is 0 Å². The number of aromatic amines is 1. The number of piperidine rings is 1. The van der Waals surface area contributed by atoms with Crippen LogP contribution in [-0.2, 0) is 0 Å². The molecule has 21 heavy (non-hydrogen) atoms. The predicted octanol–water partition coefficient (Wildman–Crippen LogP) is 2.89. The molecule has 2 saturated heterocycles. The summed E-state index contributed by atoms with van der Waals surface area (Å²) < 4.78 is 0.910.